The molecule has 0 aromatic heterocycles. The first kappa shape index (κ1) is 15.9. The number of ether oxygens (including phenoxy) is 2. The zero-order chi connectivity index (χ0) is 15.9. The summed E-state index contributed by atoms with van der Waals surface area (Å²) in [7, 11) is 1.61. The van der Waals surface area contributed by atoms with Crippen molar-refractivity contribution in [2.24, 2.45) is 0 Å². The molecule has 4 nitrogen and oxygen atoms in total. The van der Waals surface area contributed by atoms with E-state index in [-0.39, 0.29) is 5.91 Å². The van der Waals surface area contributed by atoms with Crippen LogP contribution in [0.25, 0.3) is 0 Å². The number of anilines is 1. The summed E-state index contributed by atoms with van der Waals surface area (Å²) in [5.74, 6) is 1.33. The summed E-state index contributed by atoms with van der Waals surface area (Å²) in [5, 5.41) is 2.86. The van der Waals surface area contributed by atoms with E-state index in [0.29, 0.717) is 6.42 Å². The third-order valence-electron chi connectivity index (χ3n) is 3.38. The molecular weight excluding hydrogens is 278 g/mol. The molecule has 0 aliphatic heterocycles. The molecule has 22 heavy (non-hydrogen) atoms. The number of carbonyl (C=O) groups is 1. The summed E-state index contributed by atoms with van der Waals surface area (Å²) in [6.45, 7) is 3.89. The number of benzene rings is 2. The quantitative estimate of drug-likeness (QED) is 0.882. The van der Waals surface area contributed by atoms with Crippen LogP contribution in [0.4, 0.5) is 5.69 Å². The van der Waals surface area contributed by atoms with Crippen LogP contribution in [0.2, 0.25) is 0 Å². The third-order valence-corrected chi connectivity index (χ3v) is 3.38. The van der Waals surface area contributed by atoms with Crippen LogP contribution in [0, 0.1) is 6.92 Å². The molecule has 2 aromatic rings. The van der Waals surface area contributed by atoms with Gasteiger partial charge in [0, 0.05) is 5.69 Å². The topological polar surface area (TPSA) is 47.6 Å². The van der Waals surface area contributed by atoms with E-state index in [1.807, 2.05) is 38.1 Å². The van der Waals surface area contributed by atoms with E-state index in [0.717, 1.165) is 22.7 Å². The van der Waals surface area contributed by atoms with E-state index in [4.69, 9.17) is 9.47 Å². The maximum atomic E-state index is 12.3. The third kappa shape index (κ3) is 4.01. The van der Waals surface area contributed by atoms with Gasteiger partial charge in [-0.3, -0.25) is 4.79 Å². The van der Waals surface area contributed by atoms with Crippen LogP contribution in [0.3, 0.4) is 0 Å². The number of amides is 1. The average molecular weight is 299 g/mol. The molecule has 4 heteroatoms. The summed E-state index contributed by atoms with van der Waals surface area (Å²) in [6.07, 6.45) is 0.0688. The highest BCUT2D eigenvalue weighted by molar-refractivity contribution is 5.94. The number of rotatable bonds is 6. The van der Waals surface area contributed by atoms with E-state index in [1.165, 1.54) is 0 Å². The van der Waals surface area contributed by atoms with E-state index >= 15 is 0 Å². The Morgan fingerprint density at radius 3 is 2.41 bits per heavy atom. The fourth-order valence-electron chi connectivity index (χ4n) is 2.06. The Labute approximate surface area is 131 Å². The van der Waals surface area contributed by atoms with Gasteiger partial charge in [0.1, 0.15) is 11.5 Å². The van der Waals surface area contributed by atoms with Gasteiger partial charge in [-0.25, -0.2) is 0 Å². The highest BCUT2D eigenvalue weighted by atomic mass is 16.5. The summed E-state index contributed by atoms with van der Waals surface area (Å²) in [4.78, 5) is 12.3. The van der Waals surface area contributed by atoms with Gasteiger partial charge in [-0.1, -0.05) is 25.1 Å². The minimum atomic E-state index is -0.525. The SMILES string of the molecule is CC[C@@H](Oc1ccccc1C)C(=O)Nc1ccc(OC)cc1. The van der Waals surface area contributed by atoms with Crippen molar-refractivity contribution in [3.05, 3.63) is 54.1 Å². The standard InChI is InChI=1S/C18H21NO3/c1-4-16(22-17-8-6-5-7-13(17)2)18(20)19-14-9-11-15(21-3)12-10-14/h5-12,16H,4H2,1-3H3,(H,19,20)/t16-/m1/s1. The lowest BCUT2D eigenvalue weighted by Gasteiger charge is -2.18. The van der Waals surface area contributed by atoms with Crippen molar-refractivity contribution in [1.29, 1.82) is 0 Å². The van der Waals surface area contributed by atoms with Crippen molar-refractivity contribution >= 4 is 11.6 Å². The molecule has 2 rings (SSSR count). The molecule has 0 bridgehead atoms. The first-order valence-corrected chi connectivity index (χ1v) is 7.31. The molecule has 1 amide bonds. The van der Waals surface area contributed by atoms with Crippen molar-refractivity contribution in [3.8, 4) is 11.5 Å². The van der Waals surface area contributed by atoms with Gasteiger partial charge in [-0.2, -0.15) is 0 Å². The molecule has 0 fully saturated rings. The summed E-state index contributed by atoms with van der Waals surface area (Å²) in [6, 6.07) is 14.9. The van der Waals surface area contributed by atoms with Gasteiger partial charge in [0.25, 0.3) is 5.91 Å². The second kappa shape index (κ2) is 7.50. The van der Waals surface area contributed by atoms with E-state index in [1.54, 1.807) is 31.4 Å². The number of nitrogens with one attached hydrogen (secondary N) is 1. The number of methoxy groups -OCH3 is 1. The van der Waals surface area contributed by atoms with Crippen molar-refractivity contribution in [2.75, 3.05) is 12.4 Å². The first-order valence-electron chi connectivity index (χ1n) is 7.31. The molecule has 0 spiro atoms. The highest BCUT2D eigenvalue weighted by Crippen LogP contribution is 2.20. The molecule has 0 aliphatic carbocycles. The Balaban J connectivity index is 2.03. The van der Waals surface area contributed by atoms with Crippen molar-refractivity contribution < 1.29 is 14.3 Å². The van der Waals surface area contributed by atoms with Gasteiger partial charge in [0.15, 0.2) is 6.10 Å². The zero-order valence-electron chi connectivity index (χ0n) is 13.1. The summed E-state index contributed by atoms with van der Waals surface area (Å²) < 4.78 is 10.9. The monoisotopic (exact) mass is 299 g/mol. The normalized spacial score (nSPS) is 11.6. The van der Waals surface area contributed by atoms with Crippen LogP contribution < -0.4 is 14.8 Å². The second-order valence-corrected chi connectivity index (χ2v) is 5.00. The molecule has 1 N–H and O–H groups in total. The molecule has 0 saturated heterocycles. The predicted octanol–water partition coefficient (Wildman–Crippen LogP) is 3.80. The average Bonchev–Trinajstić information content (AvgIpc) is 2.54. The van der Waals surface area contributed by atoms with Gasteiger partial charge in [-0.05, 0) is 49.2 Å². The van der Waals surface area contributed by atoms with E-state index < -0.39 is 6.10 Å². The van der Waals surface area contributed by atoms with Crippen LogP contribution in [0.5, 0.6) is 11.5 Å². The minimum absolute atomic E-state index is 0.157. The molecule has 0 unspecified atom stereocenters. The minimum Gasteiger partial charge on any atom is -0.497 e. The van der Waals surface area contributed by atoms with Gasteiger partial charge in [0.05, 0.1) is 7.11 Å². The lowest BCUT2D eigenvalue weighted by atomic mass is 10.2. The number of hydrogen-bond acceptors (Lipinski definition) is 3. The van der Waals surface area contributed by atoms with Gasteiger partial charge in [-0.15, -0.1) is 0 Å². The molecule has 0 saturated carbocycles. The van der Waals surface area contributed by atoms with Crippen molar-refractivity contribution in [1.82, 2.24) is 0 Å². The lowest BCUT2D eigenvalue weighted by molar-refractivity contribution is -0.122. The molecule has 0 radical (unpaired) electrons. The molecule has 0 aliphatic rings. The number of aryl methyl sites for hydroxylation is 1. The van der Waals surface area contributed by atoms with Crippen LogP contribution in [-0.2, 0) is 4.79 Å². The molecule has 0 heterocycles. The number of carbonyl (C=O) groups excluding carboxylic acids is 1. The molecular formula is C18H21NO3. The maximum absolute atomic E-state index is 12.3. The molecule has 116 valence electrons. The molecule has 2 aromatic carbocycles. The predicted molar refractivity (Wildman–Crippen MR) is 87.5 cm³/mol. The van der Waals surface area contributed by atoms with Crippen LogP contribution in [0.1, 0.15) is 18.9 Å². The summed E-state index contributed by atoms with van der Waals surface area (Å²) >= 11 is 0. The largest absolute Gasteiger partial charge is 0.497 e. The van der Waals surface area contributed by atoms with Gasteiger partial charge >= 0.3 is 0 Å². The highest BCUT2D eigenvalue weighted by Gasteiger charge is 2.19. The number of hydrogen-bond donors (Lipinski definition) is 1. The van der Waals surface area contributed by atoms with Crippen LogP contribution in [-0.4, -0.2) is 19.1 Å². The van der Waals surface area contributed by atoms with Crippen molar-refractivity contribution in [2.45, 2.75) is 26.4 Å². The first-order chi connectivity index (χ1) is 10.6. The number of para-hydroxylation sites is 1. The fourth-order valence-corrected chi connectivity index (χ4v) is 2.06. The van der Waals surface area contributed by atoms with Crippen LogP contribution >= 0.6 is 0 Å². The Morgan fingerprint density at radius 2 is 1.82 bits per heavy atom. The Bertz CT molecular complexity index is 622. The Hall–Kier alpha value is -2.49. The zero-order valence-corrected chi connectivity index (χ0v) is 13.1. The summed E-state index contributed by atoms with van der Waals surface area (Å²) in [5.41, 5.74) is 1.73. The van der Waals surface area contributed by atoms with Crippen LogP contribution in [0.15, 0.2) is 48.5 Å². The smallest absolute Gasteiger partial charge is 0.265 e. The van der Waals surface area contributed by atoms with Gasteiger partial charge < -0.3 is 14.8 Å². The Kier molecular flexibility index (Phi) is 5.42. The van der Waals surface area contributed by atoms with E-state index in [9.17, 15) is 4.79 Å². The maximum Gasteiger partial charge on any atom is 0.265 e. The Morgan fingerprint density at radius 1 is 1.14 bits per heavy atom. The van der Waals surface area contributed by atoms with E-state index in [2.05, 4.69) is 5.32 Å². The van der Waals surface area contributed by atoms with Crippen molar-refractivity contribution in [3.63, 3.8) is 0 Å². The van der Waals surface area contributed by atoms with Gasteiger partial charge in [0.2, 0.25) is 0 Å². The second-order valence-electron chi connectivity index (χ2n) is 5.00. The lowest BCUT2D eigenvalue weighted by Crippen LogP contribution is -2.32. The molecule has 1 atom stereocenters. The fraction of sp³-hybridized carbons (Fsp3) is 0.278.